The van der Waals surface area contributed by atoms with Crippen LogP contribution in [-0.2, 0) is 19.1 Å². The minimum Gasteiger partial charge on any atom is -0.469 e. The number of hydrogen-bond acceptors (Lipinski definition) is 4. The van der Waals surface area contributed by atoms with Crippen LogP contribution in [0.3, 0.4) is 0 Å². The van der Waals surface area contributed by atoms with E-state index >= 15 is 0 Å². The van der Waals surface area contributed by atoms with Crippen molar-refractivity contribution in [1.29, 1.82) is 0 Å². The van der Waals surface area contributed by atoms with Crippen molar-refractivity contribution in [3.8, 4) is 0 Å². The van der Waals surface area contributed by atoms with Crippen LogP contribution in [-0.4, -0.2) is 31.4 Å². The van der Waals surface area contributed by atoms with Crippen LogP contribution in [0, 0.1) is 5.92 Å². The van der Waals surface area contributed by atoms with Crippen molar-refractivity contribution in [3.63, 3.8) is 0 Å². The Balaban J connectivity index is 2.15. The lowest BCUT2D eigenvalue weighted by Crippen LogP contribution is -2.26. The molecule has 0 saturated carbocycles. The Morgan fingerprint density at radius 1 is 1.43 bits per heavy atom. The number of anilines is 2. The average molecular weight is 290 g/mol. The third kappa shape index (κ3) is 3.39. The first-order valence-electron chi connectivity index (χ1n) is 6.83. The predicted octanol–water partition coefficient (Wildman–Crippen LogP) is 1.56. The topological polar surface area (TPSA) is 75.7 Å². The fourth-order valence-corrected chi connectivity index (χ4v) is 2.28. The van der Waals surface area contributed by atoms with Crippen LogP contribution < -0.4 is 10.2 Å². The normalized spacial score (nSPS) is 17.7. The molecule has 1 fully saturated rings. The fourth-order valence-electron chi connectivity index (χ4n) is 2.28. The van der Waals surface area contributed by atoms with E-state index in [1.54, 1.807) is 36.1 Å². The van der Waals surface area contributed by atoms with Crippen LogP contribution in [0.1, 0.15) is 19.8 Å². The Labute approximate surface area is 123 Å². The van der Waals surface area contributed by atoms with Gasteiger partial charge in [0, 0.05) is 30.8 Å². The van der Waals surface area contributed by atoms with Crippen molar-refractivity contribution in [3.05, 3.63) is 24.3 Å². The Morgan fingerprint density at radius 3 is 2.86 bits per heavy atom. The number of hydrogen-bond donors (Lipinski definition) is 1. The number of methoxy groups -OCH3 is 1. The number of rotatable bonds is 4. The highest BCUT2D eigenvalue weighted by Crippen LogP contribution is 2.27. The van der Waals surface area contributed by atoms with Crippen molar-refractivity contribution in [2.24, 2.45) is 5.92 Å². The zero-order valence-electron chi connectivity index (χ0n) is 12.1. The summed E-state index contributed by atoms with van der Waals surface area (Å²) in [5, 5.41) is 2.75. The van der Waals surface area contributed by atoms with Gasteiger partial charge in [0.05, 0.1) is 13.0 Å². The quantitative estimate of drug-likeness (QED) is 0.854. The molecule has 0 aliphatic carbocycles. The van der Waals surface area contributed by atoms with Gasteiger partial charge in [-0.2, -0.15) is 0 Å². The summed E-state index contributed by atoms with van der Waals surface area (Å²) >= 11 is 0. The summed E-state index contributed by atoms with van der Waals surface area (Å²) in [7, 11) is 1.32. The molecule has 1 N–H and O–H groups in total. The molecule has 1 aliphatic rings. The number of carbonyl (C=O) groups is 3. The summed E-state index contributed by atoms with van der Waals surface area (Å²) in [6.45, 7) is 2.07. The molecule has 0 aromatic heterocycles. The van der Waals surface area contributed by atoms with Gasteiger partial charge < -0.3 is 15.0 Å². The average Bonchev–Trinajstić information content (AvgIpc) is 2.88. The largest absolute Gasteiger partial charge is 0.469 e. The van der Waals surface area contributed by atoms with Crippen LogP contribution in [0.15, 0.2) is 24.3 Å². The first-order valence-corrected chi connectivity index (χ1v) is 6.83. The Morgan fingerprint density at radius 2 is 2.19 bits per heavy atom. The number of benzene rings is 1. The van der Waals surface area contributed by atoms with Crippen LogP contribution >= 0.6 is 0 Å². The van der Waals surface area contributed by atoms with Crippen LogP contribution in [0.5, 0.6) is 0 Å². The Bertz CT molecular complexity index is 571. The van der Waals surface area contributed by atoms with Crippen LogP contribution in [0.2, 0.25) is 0 Å². The molecule has 1 aromatic rings. The molecule has 112 valence electrons. The van der Waals surface area contributed by atoms with Gasteiger partial charge in [0.25, 0.3) is 0 Å². The van der Waals surface area contributed by atoms with E-state index in [9.17, 15) is 14.4 Å². The second kappa shape index (κ2) is 6.39. The van der Waals surface area contributed by atoms with E-state index in [4.69, 9.17) is 0 Å². The molecular formula is C15H18N2O4. The molecule has 1 aromatic carbocycles. The summed E-state index contributed by atoms with van der Waals surface area (Å²) in [4.78, 5) is 36.5. The van der Waals surface area contributed by atoms with Crippen molar-refractivity contribution in [2.75, 3.05) is 23.9 Å². The van der Waals surface area contributed by atoms with E-state index in [-0.39, 0.29) is 24.2 Å². The van der Waals surface area contributed by atoms with Gasteiger partial charge in [-0.25, -0.2) is 0 Å². The van der Waals surface area contributed by atoms with Crippen molar-refractivity contribution in [2.45, 2.75) is 19.8 Å². The van der Waals surface area contributed by atoms with Gasteiger partial charge in [0.15, 0.2) is 0 Å². The maximum absolute atomic E-state index is 12.0. The van der Waals surface area contributed by atoms with Crippen molar-refractivity contribution < 1.29 is 19.1 Å². The summed E-state index contributed by atoms with van der Waals surface area (Å²) in [5.41, 5.74) is 1.30. The molecule has 1 atom stereocenters. The van der Waals surface area contributed by atoms with Gasteiger partial charge in [-0.3, -0.25) is 14.4 Å². The summed E-state index contributed by atoms with van der Waals surface area (Å²) < 4.78 is 4.68. The lowest BCUT2D eigenvalue weighted by atomic mass is 10.1. The Hall–Kier alpha value is -2.37. The first kappa shape index (κ1) is 15.0. The van der Waals surface area contributed by atoms with E-state index in [1.807, 2.05) is 0 Å². The van der Waals surface area contributed by atoms with Gasteiger partial charge in [0.2, 0.25) is 11.8 Å². The lowest BCUT2D eigenvalue weighted by Gasteiger charge is -2.17. The van der Waals surface area contributed by atoms with Gasteiger partial charge in [-0.15, -0.1) is 0 Å². The Kier molecular flexibility index (Phi) is 4.57. The van der Waals surface area contributed by atoms with Gasteiger partial charge >= 0.3 is 5.97 Å². The summed E-state index contributed by atoms with van der Waals surface area (Å²) in [6, 6.07) is 7.03. The van der Waals surface area contributed by atoms with E-state index < -0.39 is 5.92 Å². The monoisotopic (exact) mass is 290 g/mol. The molecule has 6 nitrogen and oxygen atoms in total. The molecule has 1 unspecified atom stereocenters. The molecule has 1 saturated heterocycles. The molecule has 0 spiro atoms. The van der Waals surface area contributed by atoms with Crippen LogP contribution in [0.4, 0.5) is 11.4 Å². The molecular weight excluding hydrogens is 272 g/mol. The van der Waals surface area contributed by atoms with Crippen molar-refractivity contribution >= 4 is 29.2 Å². The van der Waals surface area contributed by atoms with E-state index in [1.165, 1.54) is 7.11 Å². The van der Waals surface area contributed by atoms with Crippen molar-refractivity contribution in [1.82, 2.24) is 0 Å². The molecule has 2 rings (SSSR count). The molecule has 1 aliphatic heterocycles. The highest BCUT2D eigenvalue weighted by Gasteiger charge is 2.35. The van der Waals surface area contributed by atoms with E-state index in [0.717, 1.165) is 0 Å². The summed E-state index contributed by atoms with van der Waals surface area (Å²) in [5.74, 6) is -1.02. The second-order valence-corrected chi connectivity index (χ2v) is 4.88. The molecule has 2 amide bonds. The van der Waals surface area contributed by atoms with E-state index in [0.29, 0.717) is 24.3 Å². The smallest absolute Gasteiger partial charge is 0.311 e. The number of ether oxygens (including phenoxy) is 1. The minimum atomic E-state index is -0.434. The molecule has 1 heterocycles. The first-order chi connectivity index (χ1) is 10.0. The summed E-state index contributed by atoms with van der Waals surface area (Å²) in [6.07, 6.45) is 0.537. The molecule has 6 heteroatoms. The zero-order chi connectivity index (χ0) is 15.4. The molecule has 0 radical (unpaired) electrons. The number of nitrogens with zero attached hydrogens (tertiary/aromatic N) is 1. The van der Waals surface area contributed by atoms with Gasteiger partial charge in [0.1, 0.15) is 0 Å². The standard InChI is InChI=1S/C15H18N2O4/c1-3-13(18)16-11-5-4-6-12(8-11)17-9-10(7-14(17)19)15(20)21-2/h4-6,8,10H,3,7,9H2,1-2H3,(H,16,18). The van der Waals surface area contributed by atoms with Gasteiger partial charge in [-0.05, 0) is 18.2 Å². The number of carbonyl (C=O) groups excluding carboxylic acids is 3. The number of amides is 2. The maximum atomic E-state index is 12.0. The van der Waals surface area contributed by atoms with E-state index in [2.05, 4.69) is 10.1 Å². The third-order valence-electron chi connectivity index (χ3n) is 3.42. The van der Waals surface area contributed by atoms with Gasteiger partial charge in [-0.1, -0.05) is 13.0 Å². The highest BCUT2D eigenvalue weighted by molar-refractivity contribution is 6.00. The molecule has 0 bridgehead atoms. The number of nitrogens with one attached hydrogen (secondary N) is 1. The molecule has 21 heavy (non-hydrogen) atoms. The second-order valence-electron chi connectivity index (χ2n) is 4.88. The zero-order valence-corrected chi connectivity index (χ0v) is 12.1. The maximum Gasteiger partial charge on any atom is 0.311 e. The minimum absolute atomic E-state index is 0.0904. The fraction of sp³-hybridized carbons (Fsp3) is 0.400. The number of esters is 1. The van der Waals surface area contributed by atoms with Crippen LogP contribution in [0.25, 0.3) is 0 Å². The third-order valence-corrected chi connectivity index (χ3v) is 3.42. The predicted molar refractivity (Wildman–Crippen MR) is 77.8 cm³/mol. The highest BCUT2D eigenvalue weighted by atomic mass is 16.5. The SMILES string of the molecule is CCC(=O)Nc1cccc(N2CC(C(=O)OC)CC2=O)c1. The lowest BCUT2D eigenvalue weighted by molar-refractivity contribution is -0.145.